The summed E-state index contributed by atoms with van der Waals surface area (Å²) in [7, 11) is 0. The average molecular weight is 979 g/mol. The molecule has 5 aliphatic rings. The summed E-state index contributed by atoms with van der Waals surface area (Å²) < 4.78 is 35.1. The van der Waals surface area contributed by atoms with Crippen LogP contribution in [0, 0.1) is 5.92 Å². The Hall–Kier alpha value is -5.52. The van der Waals surface area contributed by atoms with Crippen molar-refractivity contribution in [3.63, 3.8) is 0 Å². The third kappa shape index (κ3) is 15.5. The molecule has 9 rings (SSSR count). The summed E-state index contributed by atoms with van der Waals surface area (Å²) in [5.41, 5.74) is 14.6. The number of hydrogen-bond acceptors (Lipinski definition) is 18. The molecule has 2 aromatic carbocycles. The van der Waals surface area contributed by atoms with Crippen LogP contribution in [0.3, 0.4) is 0 Å². The van der Waals surface area contributed by atoms with Gasteiger partial charge >= 0.3 is 0 Å². The van der Waals surface area contributed by atoms with Gasteiger partial charge in [0.1, 0.15) is 48.6 Å². The fourth-order valence-electron chi connectivity index (χ4n) is 7.23. The molecule has 3 fully saturated rings. The molecular formula is C46H66N12O8S2. The Morgan fingerprint density at radius 3 is 1.69 bits per heavy atom. The molecule has 3 atom stereocenters. The molecule has 370 valence electrons. The Morgan fingerprint density at radius 1 is 0.721 bits per heavy atom. The van der Waals surface area contributed by atoms with E-state index in [-0.39, 0.29) is 55.9 Å². The zero-order valence-electron chi connectivity index (χ0n) is 38.8. The van der Waals surface area contributed by atoms with Crippen LogP contribution in [0.5, 0.6) is 11.5 Å². The van der Waals surface area contributed by atoms with Crippen molar-refractivity contribution < 1.29 is 38.0 Å². The van der Waals surface area contributed by atoms with E-state index in [2.05, 4.69) is 51.8 Å². The lowest BCUT2D eigenvalue weighted by Gasteiger charge is -2.24. The molecule has 0 spiro atoms. The zero-order chi connectivity index (χ0) is 46.0. The Balaban J connectivity index is 0.000000218. The number of hydrogen-bond donors (Lipinski definition) is 8. The van der Waals surface area contributed by atoms with Crippen molar-refractivity contribution in [2.24, 2.45) is 17.4 Å². The Bertz CT molecular complexity index is 2310. The first-order valence-corrected chi connectivity index (χ1v) is 22.8. The highest BCUT2D eigenvalue weighted by molar-refractivity contribution is 7.59. The van der Waals surface area contributed by atoms with E-state index in [1.807, 2.05) is 57.2 Å². The first kappa shape index (κ1) is 51.9. The van der Waals surface area contributed by atoms with Crippen molar-refractivity contribution in [2.45, 2.75) is 89.2 Å². The number of rotatable bonds is 17. The van der Waals surface area contributed by atoms with Crippen molar-refractivity contribution in [3.05, 3.63) is 59.9 Å². The van der Waals surface area contributed by atoms with Crippen LogP contribution in [-0.2, 0) is 18.9 Å². The maximum Gasteiger partial charge on any atom is 0.254 e. The second-order valence-electron chi connectivity index (χ2n) is 18.0. The molecule has 2 amide bonds. The molecule has 2 aliphatic carbocycles. The number of nitrogens with two attached hydrogens (primary N) is 2. The summed E-state index contributed by atoms with van der Waals surface area (Å²) >= 11 is 0. The molecule has 0 radical (unpaired) electrons. The second kappa shape index (κ2) is 24.2. The zero-order valence-corrected chi connectivity index (χ0v) is 40.8. The van der Waals surface area contributed by atoms with E-state index in [4.69, 9.17) is 39.9 Å². The first-order chi connectivity index (χ1) is 31.9. The number of nitrogens with zero attached hydrogens (tertiary/aromatic N) is 4. The average Bonchev–Trinajstić information content (AvgIpc) is 4.22. The van der Waals surface area contributed by atoms with Crippen molar-refractivity contribution in [2.75, 3.05) is 91.2 Å². The molecule has 2 saturated carbocycles. The molecule has 22 heteroatoms. The normalized spacial score (nSPS) is 19.5. The number of primary amides is 2. The van der Waals surface area contributed by atoms with Crippen LogP contribution >= 0.6 is 27.0 Å². The summed E-state index contributed by atoms with van der Waals surface area (Å²) in [6, 6.07) is 12.1. The van der Waals surface area contributed by atoms with Crippen LogP contribution < -0.4 is 52.8 Å². The highest BCUT2D eigenvalue weighted by Gasteiger charge is 2.27. The molecule has 10 N–H and O–H groups in total. The lowest BCUT2D eigenvalue weighted by molar-refractivity contribution is -0.0552. The molecule has 20 nitrogen and oxygen atoms in total. The van der Waals surface area contributed by atoms with Gasteiger partial charge in [0.15, 0.2) is 0 Å². The predicted molar refractivity (Wildman–Crippen MR) is 271 cm³/mol. The molecule has 1 unspecified atom stereocenters. The van der Waals surface area contributed by atoms with Crippen LogP contribution in [0.25, 0.3) is 0 Å². The highest BCUT2D eigenvalue weighted by atomic mass is 32.1. The second-order valence-corrected chi connectivity index (χ2v) is 18.0. The third-order valence-corrected chi connectivity index (χ3v) is 11.1. The lowest BCUT2D eigenvalue weighted by Crippen LogP contribution is -2.31. The maximum absolute atomic E-state index is 11.7. The van der Waals surface area contributed by atoms with Gasteiger partial charge in [0.25, 0.3) is 11.8 Å². The van der Waals surface area contributed by atoms with E-state index in [0.29, 0.717) is 87.7 Å². The molecule has 4 aromatic rings. The van der Waals surface area contributed by atoms with Gasteiger partial charge in [-0.25, -0.2) is 9.97 Å². The van der Waals surface area contributed by atoms with E-state index in [1.54, 1.807) is 0 Å². The summed E-state index contributed by atoms with van der Waals surface area (Å²) in [6.45, 7) is 11.6. The minimum absolute atomic E-state index is 0. The van der Waals surface area contributed by atoms with E-state index >= 15 is 0 Å². The van der Waals surface area contributed by atoms with E-state index < -0.39 is 11.8 Å². The van der Waals surface area contributed by atoms with Gasteiger partial charge in [-0.05, 0) is 95.7 Å². The fourth-order valence-corrected chi connectivity index (χ4v) is 7.23. The molecular weight excluding hydrogens is 913 g/mol. The molecule has 2 aromatic heterocycles. The smallest absolute Gasteiger partial charge is 0.254 e. The number of ether oxygens (including phenoxy) is 6. The number of fused-ring (bicyclic) bond motifs is 2. The first-order valence-electron chi connectivity index (χ1n) is 22.8. The predicted octanol–water partition coefficient (Wildman–Crippen LogP) is 5.63. The number of amides is 2. The van der Waals surface area contributed by atoms with Crippen molar-refractivity contribution in [3.8, 4) is 11.5 Å². The number of carbonyl (C=O) groups excluding carboxylic acids is 2. The van der Waals surface area contributed by atoms with E-state index in [1.165, 1.54) is 12.4 Å². The standard InChI is InChI=1S/C23H30N6O4.C23H32N6O4.2H2S/c24-21(30)18-10-26-23(29-22(18)27-15-3-4-15)28-16-5-6-20-19(8-16)25-9-17(13-33-20)32-12-14-2-1-7-31-11-14;1-23(2,3)33-9-8-31-16-11-25-18-10-15(6-7-19(18)32-13-16)28-22-26-12-17(20(24)30)21(29-22)27-14-4-5-14;;/h5-6,8,10,14-15,17,25H,1-4,7,9,11-13H2,(H2,24,30)(H2,26,27,28,29);6-7,10,12,14,16,25H,4-5,8-9,11,13H2,1-3H3,(H2,24,30)(H2,26,27,28,29);2*1H2/t14?,17-;16-;;/m00../s1. The molecule has 5 heterocycles. The van der Waals surface area contributed by atoms with E-state index in [9.17, 15) is 9.59 Å². The Kier molecular flexibility index (Phi) is 18.4. The number of nitrogens with one attached hydrogen (secondary N) is 6. The Morgan fingerprint density at radius 2 is 1.24 bits per heavy atom. The quantitative estimate of drug-likeness (QED) is 0.0596. The van der Waals surface area contributed by atoms with Crippen LogP contribution in [-0.4, -0.2) is 121 Å². The molecule has 0 bridgehead atoms. The van der Waals surface area contributed by atoms with Gasteiger partial charge in [-0.3, -0.25) is 9.59 Å². The van der Waals surface area contributed by atoms with Gasteiger partial charge in [0.05, 0.1) is 54.5 Å². The number of carbonyl (C=O) groups is 2. The molecule has 1 saturated heterocycles. The van der Waals surface area contributed by atoms with E-state index in [0.717, 1.165) is 86.0 Å². The van der Waals surface area contributed by atoms with Gasteiger partial charge in [-0.1, -0.05) is 0 Å². The lowest BCUT2D eigenvalue weighted by atomic mass is 10.0. The van der Waals surface area contributed by atoms with Gasteiger partial charge in [-0.15, -0.1) is 0 Å². The van der Waals surface area contributed by atoms with Gasteiger partial charge in [-0.2, -0.15) is 37.0 Å². The van der Waals surface area contributed by atoms with Gasteiger partial charge < -0.3 is 71.8 Å². The summed E-state index contributed by atoms with van der Waals surface area (Å²) in [5.74, 6) is 2.54. The van der Waals surface area contributed by atoms with Crippen LogP contribution in [0.15, 0.2) is 48.8 Å². The summed E-state index contributed by atoms with van der Waals surface area (Å²) in [6.07, 6.45) is 9.24. The largest absolute Gasteiger partial charge is 0.489 e. The highest BCUT2D eigenvalue weighted by Crippen LogP contribution is 2.34. The number of anilines is 8. The topological polar surface area (TPSA) is 265 Å². The number of benzene rings is 2. The van der Waals surface area contributed by atoms with Gasteiger partial charge in [0.2, 0.25) is 11.9 Å². The summed E-state index contributed by atoms with van der Waals surface area (Å²) in [4.78, 5) is 40.8. The van der Waals surface area contributed by atoms with Gasteiger partial charge in [0, 0.05) is 61.5 Å². The number of aromatic nitrogens is 4. The minimum atomic E-state index is -0.558. The third-order valence-electron chi connectivity index (χ3n) is 11.1. The Labute approximate surface area is 410 Å². The van der Waals surface area contributed by atoms with Crippen molar-refractivity contribution >= 4 is 85.1 Å². The molecule has 3 aliphatic heterocycles. The van der Waals surface area contributed by atoms with Crippen molar-refractivity contribution in [1.82, 2.24) is 19.9 Å². The molecule has 68 heavy (non-hydrogen) atoms. The maximum atomic E-state index is 11.7. The minimum Gasteiger partial charge on any atom is -0.489 e. The summed E-state index contributed by atoms with van der Waals surface area (Å²) in [5, 5.41) is 19.7. The van der Waals surface area contributed by atoms with Crippen LogP contribution in [0.4, 0.5) is 46.3 Å². The fraction of sp³-hybridized carbons (Fsp3) is 0.522. The van der Waals surface area contributed by atoms with Crippen molar-refractivity contribution in [1.29, 1.82) is 0 Å². The van der Waals surface area contributed by atoms with Crippen LogP contribution in [0.1, 0.15) is 80.0 Å². The SMILES string of the molecule is CC(C)(C)OCCO[C@H]1CNc2cc(Nc3ncc(C(N)=O)c(NC4CC4)n3)ccc2OC1.NC(=O)c1cnc(Nc2ccc3c(c2)NC[C@H](OCC2CCCOC2)CO3)nc1NC1CC1.S.S. The van der Waals surface area contributed by atoms with Crippen LogP contribution in [0.2, 0.25) is 0 Å². The monoisotopic (exact) mass is 978 g/mol.